The van der Waals surface area contributed by atoms with Crippen molar-refractivity contribution in [3.8, 4) is 16.8 Å². The maximum atomic E-state index is 5.81. The summed E-state index contributed by atoms with van der Waals surface area (Å²) in [5.74, 6) is 0. The van der Waals surface area contributed by atoms with Gasteiger partial charge in [0.25, 0.3) is 0 Å². The molecule has 0 aliphatic carbocycles. The average molecular weight is 566 g/mol. The van der Waals surface area contributed by atoms with E-state index >= 15 is 0 Å². The van der Waals surface area contributed by atoms with Gasteiger partial charge in [0.15, 0.2) is 0 Å². The van der Waals surface area contributed by atoms with Gasteiger partial charge in [-0.2, -0.15) is 0 Å². The van der Waals surface area contributed by atoms with Crippen LogP contribution in [0.4, 0.5) is 0 Å². The van der Waals surface area contributed by atoms with Crippen molar-refractivity contribution in [3.63, 3.8) is 0 Å². The number of aliphatic imine (C=N–C) groups is 1. The molecular formula is C41H31N3. The van der Waals surface area contributed by atoms with Gasteiger partial charge in [-0.3, -0.25) is 0 Å². The lowest BCUT2D eigenvalue weighted by molar-refractivity contribution is 1.18. The summed E-state index contributed by atoms with van der Waals surface area (Å²) < 4.78 is 2.34. The zero-order valence-electron chi connectivity index (χ0n) is 24.2. The summed E-state index contributed by atoms with van der Waals surface area (Å²) in [5.41, 5.74) is 16.5. The lowest BCUT2D eigenvalue weighted by Gasteiger charge is -2.10. The van der Waals surface area contributed by atoms with Crippen LogP contribution in [0.2, 0.25) is 0 Å². The minimum Gasteiger partial charge on any atom is -0.405 e. The number of nitrogens with zero attached hydrogens (tertiary/aromatic N) is 2. The Balaban J connectivity index is 1.22. The Morgan fingerprint density at radius 3 is 1.59 bits per heavy atom. The SMILES string of the molecule is N/C=C\C(=NC(=Cc1ccc(-c2ccc(-n3c4ccccc4c4ccccc43)cc2)cc1)c1ccccc1)c1ccccc1. The minimum atomic E-state index is 0.808. The third-order valence-electron chi connectivity index (χ3n) is 7.89. The first-order valence-corrected chi connectivity index (χ1v) is 14.8. The summed E-state index contributed by atoms with van der Waals surface area (Å²) >= 11 is 0. The monoisotopic (exact) mass is 565 g/mol. The van der Waals surface area contributed by atoms with E-state index in [9.17, 15) is 0 Å². The van der Waals surface area contributed by atoms with E-state index in [1.54, 1.807) is 0 Å². The molecule has 0 fully saturated rings. The summed E-state index contributed by atoms with van der Waals surface area (Å²) in [6.07, 6.45) is 5.51. The molecule has 2 N–H and O–H groups in total. The van der Waals surface area contributed by atoms with Crippen LogP contribution in [0.1, 0.15) is 16.7 Å². The van der Waals surface area contributed by atoms with Crippen LogP contribution in [0.5, 0.6) is 0 Å². The highest BCUT2D eigenvalue weighted by molar-refractivity contribution is 6.11. The molecule has 44 heavy (non-hydrogen) atoms. The van der Waals surface area contributed by atoms with E-state index in [1.807, 2.05) is 54.6 Å². The van der Waals surface area contributed by atoms with Gasteiger partial charge in [-0.05, 0) is 59.3 Å². The van der Waals surface area contributed by atoms with E-state index in [4.69, 9.17) is 10.7 Å². The number of allylic oxidation sites excluding steroid dienone is 1. The van der Waals surface area contributed by atoms with E-state index in [2.05, 4.69) is 120 Å². The highest BCUT2D eigenvalue weighted by Gasteiger charge is 2.11. The largest absolute Gasteiger partial charge is 0.405 e. The fraction of sp³-hybridized carbons (Fsp3) is 0. The number of rotatable bonds is 7. The molecule has 0 saturated carbocycles. The molecule has 7 rings (SSSR count). The van der Waals surface area contributed by atoms with Gasteiger partial charge in [0.2, 0.25) is 0 Å². The summed E-state index contributed by atoms with van der Waals surface area (Å²) in [6.45, 7) is 0. The normalized spacial score (nSPS) is 12.4. The molecule has 0 radical (unpaired) electrons. The Labute approximate surface area is 257 Å². The maximum Gasteiger partial charge on any atom is 0.0723 e. The highest BCUT2D eigenvalue weighted by Crippen LogP contribution is 2.32. The first-order valence-electron chi connectivity index (χ1n) is 14.8. The van der Waals surface area contributed by atoms with Gasteiger partial charge >= 0.3 is 0 Å². The summed E-state index contributed by atoms with van der Waals surface area (Å²) in [6, 6.07) is 55.0. The number of para-hydroxylation sites is 2. The van der Waals surface area contributed by atoms with E-state index in [0.29, 0.717) is 0 Å². The van der Waals surface area contributed by atoms with Crippen LogP contribution in [-0.2, 0) is 0 Å². The van der Waals surface area contributed by atoms with Crippen molar-refractivity contribution < 1.29 is 0 Å². The van der Waals surface area contributed by atoms with Crippen LogP contribution in [0.3, 0.4) is 0 Å². The quantitative estimate of drug-likeness (QED) is 0.152. The highest BCUT2D eigenvalue weighted by atomic mass is 15.0. The van der Waals surface area contributed by atoms with Crippen molar-refractivity contribution in [2.24, 2.45) is 10.7 Å². The molecule has 1 aromatic heterocycles. The van der Waals surface area contributed by atoms with Gasteiger partial charge in [-0.15, -0.1) is 0 Å². The first kappa shape index (κ1) is 26.9. The molecule has 6 aromatic carbocycles. The molecule has 0 aliphatic rings. The van der Waals surface area contributed by atoms with E-state index < -0.39 is 0 Å². The van der Waals surface area contributed by atoms with Gasteiger partial charge in [0, 0.05) is 27.6 Å². The Morgan fingerprint density at radius 1 is 0.523 bits per heavy atom. The van der Waals surface area contributed by atoms with Crippen molar-refractivity contribution in [1.29, 1.82) is 0 Å². The fourth-order valence-electron chi connectivity index (χ4n) is 5.75. The fourth-order valence-corrected chi connectivity index (χ4v) is 5.75. The lowest BCUT2D eigenvalue weighted by atomic mass is 10.0. The molecular weight excluding hydrogens is 534 g/mol. The minimum absolute atomic E-state index is 0.808. The van der Waals surface area contributed by atoms with Crippen LogP contribution in [0.15, 0.2) is 175 Å². The maximum absolute atomic E-state index is 5.81. The van der Waals surface area contributed by atoms with Gasteiger partial charge in [0.05, 0.1) is 22.4 Å². The summed E-state index contributed by atoms with van der Waals surface area (Å²) in [7, 11) is 0. The Kier molecular flexibility index (Phi) is 7.42. The summed E-state index contributed by atoms with van der Waals surface area (Å²) in [5, 5.41) is 2.54. The molecule has 0 spiro atoms. The van der Waals surface area contributed by atoms with Crippen molar-refractivity contribution in [2.45, 2.75) is 0 Å². The molecule has 210 valence electrons. The molecule has 0 bridgehead atoms. The number of fused-ring (bicyclic) bond motifs is 3. The van der Waals surface area contributed by atoms with E-state index in [-0.39, 0.29) is 0 Å². The number of aromatic nitrogens is 1. The first-order chi connectivity index (χ1) is 21.8. The number of hydrogen-bond donors (Lipinski definition) is 1. The van der Waals surface area contributed by atoms with Gasteiger partial charge in [-0.25, -0.2) is 4.99 Å². The Morgan fingerprint density at radius 2 is 1.02 bits per heavy atom. The smallest absolute Gasteiger partial charge is 0.0723 e. The van der Waals surface area contributed by atoms with Gasteiger partial charge in [0.1, 0.15) is 0 Å². The zero-order chi connectivity index (χ0) is 29.7. The van der Waals surface area contributed by atoms with Crippen LogP contribution >= 0.6 is 0 Å². The van der Waals surface area contributed by atoms with Crippen LogP contribution in [0.25, 0.3) is 50.4 Å². The van der Waals surface area contributed by atoms with Crippen LogP contribution < -0.4 is 5.73 Å². The second kappa shape index (κ2) is 12.1. The molecule has 0 unspecified atom stereocenters. The van der Waals surface area contributed by atoms with E-state index in [1.165, 1.54) is 33.6 Å². The molecule has 0 atom stereocenters. The van der Waals surface area contributed by atoms with Gasteiger partial charge < -0.3 is 10.3 Å². The van der Waals surface area contributed by atoms with Crippen molar-refractivity contribution >= 4 is 39.3 Å². The second-order valence-corrected chi connectivity index (χ2v) is 10.7. The second-order valence-electron chi connectivity index (χ2n) is 10.7. The molecule has 1 heterocycles. The number of hydrogen-bond acceptors (Lipinski definition) is 2. The van der Waals surface area contributed by atoms with Crippen molar-refractivity contribution in [2.75, 3.05) is 0 Å². The zero-order valence-corrected chi connectivity index (χ0v) is 24.2. The Hall–Kier alpha value is -5.93. The number of nitrogens with two attached hydrogens (primary N) is 1. The van der Waals surface area contributed by atoms with Crippen LogP contribution in [0, 0.1) is 0 Å². The third kappa shape index (κ3) is 5.35. The molecule has 0 amide bonds. The number of benzene rings is 6. The lowest BCUT2D eigenvalue weighted by Crippen LogP contribution is -1.99. The van der Waals surface area contributed by atoms with E-state index in [0.717, 1.165) is 39.3 Å². The van der Waals surface area contributed by atoms with Gasteiger partial charge in [-0.1, -0.05) is 133 Å². The molecule has 0 aliphatic heterocycles. The molecule has 3 nitrogen and oxygen atoms in total. The third-order valence-corrected chi connectivity index (χ3v) is 7.89. The predicted octanol–water partition coefficient (Wildman–Crippen LogP) is 9.91. The van der Waals surface area contributed by atoms with Crippen LogP contribution in [-0.4, -0.2) is 10.3 Å². The predicted molar refractivity (Wildman–Crippen MR) is 187 cm³/mol. The standard InChI is InChI=1S/C41H31N3/c42-28-27-38(33-11-3-1-4-12-33)43-39(34-13-5-2-6-14-34)29-30-19-21-31(22-20-30)32-23-25-35(26-24-32)44-40-17-9-7-15-36(40)37-16-8-10-18-41(37)44/h1-29H,42H2/b28-27-,39-29?,43-38?. The molecule has 3 heteroatoms. The summed E-state index contributed by atoms with van der Waals surface area (Å²) in [4.78, 5) is 5.07. The molecule has 7 aromatic rings. The average Bonchev–Trinajstić information content (AvgIpc) is 3.43. The van der Waals surface area contributed by atoms with Crippen molar-refractivity contribution in [1.82, 2.24) is 4.57 Å². The van der Waals surface area contributed by atoms with Crippen molar-refractivity contribution in [3.05, 3.63) is 187 Å². The topological polar surface area (TPSA) is 43.3 Å². The Bertz CT molecular complexity index is 2080. The molecule has 0 saturated heterocycles.